The predicted octanol–water partition coefficient (Wildman–Crippen LogP) is 1.29. The van der Waals surface area contributed by atoms with Crippen LogP contribution >= 0.6 is 0 Å². The second-order valence-corrected chi connectivity index (χ2v) is 3.18. The minimum atomic E-state index is -0.822. The van der Waals surface area contributed by atoms with E-state index in [1.165, 1.54) is 18.2 Å². The van der Waals surface area contributed by atoms with Gasteiger partial charge in [0.05, 0.1) is 12.7 Å². The van der Waals surface area contributed by atoms with E-state index < -0.39 is 11.9 Å². The van der Waals surface area contributed by atoms with Gasteiger partial charge in [-0.1, -0.05) is 12.2 Å². The molecule has 0 radical (unpaired) electrons. The Balaban J connectivity index is 2.67. The van der Waals surface area contributed by atoms with Crippen LogP contribution in [0.25, 0.3) is 6.08 Å². The van der Waals surface area contributed by atoms with Crippen LogP contribution in [0.4, 0.5) is 4.39 Å². The molecule has 1 aromatic rings. The van der Waals surface area contributed by atoms with Gasteiger partial charge in [0, 0.05) is 5.56 Å². The zero-order valence-electron chi connectivity index (χ0n) is 8.10. The first-order valence-corrected chi connectivity index (χ1v) is 4.57. The molecular formula is C11H13FO3. The number of hydrogen-bond acceptors (Lipinski definition) is 3. The van der Waals surface area contributed by atoms with E-state index in [4.69, 9.17) is 10.2 Å². The topological polar surface area (TPSA) is 60.7 Å². The van der Waals surface area contributed by atoms with Gasteiger partial charge in [-0.15, -0.1) is 0 Å². The summed E-state index contributed by atoms with van der Waals surface area (Å²) in [6, 6.07) is 3.61. The van der Waals surface area contributed by atoms with Crippen molar-refractivity contribution in [3.63, 3.8) is 0 Å². The molecule has 1 rings (SSSR count). The van der Waals surface area contributed by atoms with Gasteiger partial charge < -0.3 is 15.3 Å². The fourth-order valence-electron chi connectivity index (χ4n) is 1.09. The molecule has 0 heterocycles. The molecule has 3 nitrogen and oxygen atoms in total. The van der Waals surface area contributed by atoms with Gasteiger partial charge in [-0.25, -0.2) is 4.39 Å². The number of phenols is 1. The highest BCUT2D eigenvalue weighted by atomic mass is 19.1. The highest BCUT2D eigenvalue weighted by Gasteiger charge is 2.00. The summed E-state index contributed by atoms with van der Waals surface area (Å²) in [5, 5.41) is 26.9. The molecule has 1 atom stereocenters. The lowest BCUT2D eigenvalue weighted by molar-refractivity contribution is 0.0977. The molecule has 4 heteroatoms. The lowest BCUT2D eigenvalue weighted by Gasteiger charge is -2.02. The maximum atomic E-state index is 12.8. The van der Waals surface area contributed by atoms with Crippen LogP contribution in [0.3, 0.4) is 0 Å². The molecule has 1 aromatic carbocycles. The van der Waals surface area contributed by atoms with E-state index in [1.807, 2.05) is 0 Å². The van der Waals surface area contributed by atoms with Crippen molar-refractivity contribution in [3.05, 3.63) is 35.7 Å². The van der Waals surface area contributed by atoms with Crippen molar-refractivity contribution in [2.45, 2.75) is 12.5 Å². The Bertz CT molecular complexity index is 350. The Morgan fingerprint density at radius 2 is 2.13 bits per heavy atom. The van der Waals surface area contributed by atoms with E-state index in [2.05, 4.69) is 0 Å². The van der Waals surface area contributed by atoms with E-state index in [1.54, 1.807) is 6.08 Å². The van der Waals surface area contributed by atoms with Crippen LogP contribution < -0.4 is 0 Å². The van der Waals surface area contributed by atoms with E-state index in [0.29, 0.717) is 5.56 Å². The summed E-state index contributed by atoms with van der Waals surface area (Å²) in [5.74, 6) is -0.457. The van der Waals surface area contributed by atoms with Gasteiger partial charge >= 0.3 is 0 Å². The van der Waals surface area contributed by atoms with Crippen molar-refractivity contribution in [1.82, 2.24) is 0 Å². The molecule has 0 fully saturated rings. The van der Waals surface area contributed by atoms with Crippen molar-refractivity contribution < 1.29 is 19.7 Å². The Kier molecular flexibility index (Phi) is 4.27. The molecule has 0 unspecified atom stereocenters. The fraction of sp³-hybridized carbons (Fsp3) is 0.273. The van der Waals surface area contributed by atoms with Crippen molar-refractivity contribution in [2.75, 3.05) is 6.61 Å². The summed E-state index contributed by atoms with van der Waals surface area (Å²) >= 11 is 0. The van der Waals surface area contributed by atoms with Crippen LogP contribution in [0.15, 0.2) is 24.3 Å². The van der Waals surface area contributed by atoms with Crippen LogP contribution in [0.5, 0.6) is 5.75 Å². The van der Waals surface area contributed by atoms with Gasteiger partial charge in [-0.2, -0.15) is 0 Å². The van der Waals surface area contributed by atoms with E-state index in [0.717, 1.165) is 6.07 Å². The first-order chi connectivity index (χ1) is 7.13. The number of aromatic hydroxyl groups is 1. The van der Waals surface area contributed by atoms with E-state index >= 15 is 0 Å². The minimum absolute atomic E-state index is 0.0221. The molecule has 0 aromatic heterocycles. The third-order valence-electron chi connectivity index (χ3n) is 1.91. The highest BCUT2D eigenvalue weighted by molar-refractivity contribution is 5.56. The summed E-state index contributed by atoms with van der Waals surface area (Å²) in [5.41, 5.74) is 0.347. The molecule has 0 saturated carbocycles. The number of halogens is 1. The van der Waals surface area contributed by atoms with Crippen LogP contribution in [-0.4, -0.2) is 28.0 Å². The maximum Gasteiger partial charge on any atom is 0.124 e. The molecule has 0 aliphatic carbocycles. The van der Waals surface area contributed by atoms with Gasteiger partial charge in [0.2, 0.25) is 0 Å². The average molecular weight is 212 g/mol. The summed E-state index contributed by atoms with van der Waals surface area (Å²) in [6.07, 6.45) is 2.50. The first kappa shape index (κ1) is 11.7. The van der Waals surface area contributed by atoms with Crippen LogP contribution in [0.2, 0.25) is 0 Å². The molecular weight excluding hydrogens is 199 g/mol. The van der Waals surface area contributed by atoms with Crippen LogP contribution in [-0.2, 0) is 0 Å². The van der Waals surface area contributed by atoms with Crippen molar-refractivity contribution in [1.29, 1.82) is 0 Å². The minimum Gasteiger partial charge on any atom is -0.507 e. The lowest BCUT2D eigenvalue weighted by atomic mass is 10.1. The molecule has 0 aliphatic heterocycles. The van der Waals surface area contributed by atoms with Gasteiger partial charge in [0.1, 0.15) is 11.6 Å². The monoisotopic (exact) mass is 212 g/mol. The fourth-order valence-corrected chi connectivity index (χ4v) is 1.09. The summed E-state index contributed by atoms with van der Waals surface area (Å²) < 4.78 is 12.8. The Labute approximate surface area is 87.1 Å². The highest BCUT2D eigenvalue weighted by Crippen LogP contribution is 2.19. The van der Waals surface area contributed by atoms with Crippen molar-refractivity contribution in [2.24, 2.45) is 0 Å². The number of rotatable bonds is 4. The normalized spacial score (nSPS) is 13.3. The third kappa shape index (κ3) is 3.69. The third-order valence-corrected chi connectivity index (χ3v) is 1.91. The molecule has 0 bridgehead atoms. The van der Waals surface area contributed by atoms with E-state index in [9.17, 15) is 9.50 Å². The van der Waals surface area contributed by atoms with Crippen molar-refractivity contribution >= 4 is 6.08 Å². The quantitative estimate of drug-likeness (QED) is 0.704. The predicted molar refractivity (Wildman–Crippen MR) is 54.8 cm³/mol. The first-order valence-electron chi connectivity index (χ1n) is 4.57. The summed E-state index contributed by atoms with van der Waals surface area (Å²) in [7, 11) is 0. The largest absolute Gasteiger partial charge is 0.507 e. The molecule has 0 spiro atoms. The van der Waals surface area contributed by atoms with Gasteiger partial charge in [-0.3, -0.25) is 0 Å². The van der Waals surface area contributed by atoms with Crippen molar-refractivity contribution in [3.8, 4) is 5.75 Å². The van der Waals surface area contributed by atoms with Gasteiger partial charge in [0.15, 0.2) is 0 Å². The average Bonchev–Trinajstić information content (AvgIpc) is 2.23. The number of phenolic OH excluding ortho intramolecular Hbond substituents is 1. The van der Waals surface area contributed by atoms with E-state index in [-0.39, 0.29) is 18.8 Å². The summed E-state index contributed by atoms with van der Waals surface area (Å²) in [4.78, 5) is 0. The Hall–Kier alpha value is -1.39. The van der Waals surface area contributed by atoms with Crippen LogP contribution in [0, 0.1) is 5.82 Å². The second-order valence-electron chi connectivity index (χ2n) is 3.18. The molecule has 15 heavy (non-hydrogen) atoms. The molecule has 3 N–H and O–H groups in total. The Morgan fingerprint density at radius 3 is 2.80 bits per heavy atom. The zero-order valence-corrected chi connectivity index (χ0v) is 8.10. The maximum absolute atomic E-state index is 12.8. The number of hydrogen-bond donors (Lipinski definition) is 3. The molecule has 0 amide bonds. The smallest absolute Gasteiger partial charge is 0.124 e. The SMILES string of the molecule is OC[C@@H](O)C/C=C\c1cc(F)ccc1O. The lowest BCUT2D eigenvalue weighted by Crippen LogP contribution is -2.09. The zero-order chi connectivity index (χ0) is 11.3. The number of aliphatic hydroxyl groups is 2. The standard InChI is InChI=1S/C11H13FO3/c12-9-4-5-11(15)8(6-9)2-1-3-10(14)7-13/h1-2,4-6,10,13-15H,3,7H2/b2-1-/t10-/m0/s1. The van der Waals surface area contributed by atoms with Crippen LogP contribution in [0.1, 0.15) is 12.0 Å². The van der Waals surface area contributed by atoms with Gasteiger partial charge in [-0.05, 0) is 24.6 Å². The molecule has 82 valence electrons. The Morgan fingerprint density at radius 1 is 1.40 bits per heavy atom. The summed E-state index contributed by atoms with van der Waals surface area (Å²) in [6.45, 7) is -0.320. The van der Waals surface area contributed by atoms with Gasteiger partial charge in [0.25, 0.3) is 0 Å². The molecule has 0 saturated heterocycles. The molecule has 0 aliphatic rings. The number of aliphatic hydroxyl groups excluding tert-OH is 2. The number of benzene rings is 1. The second kappa shape index (κ2) is 5.48.